The molecule has 0 saturated heterocycles. The van der Waals surface area contributed by atoms with E-state index in [0.29, 0.717) is 30.0 Å². The van der Waals surface area contributed by atoms with Crippen LogP contribution in [0.25, 0.3) is 0 Å². The number of nitrogens with zero attached hydrogens (tertiary/aromatic N) is 1. The molecule has 1 unspecified atom stereocenters. The van der Waals surface area contributed by atoms with Gasteiger partial charge in [0.1, 0.15) is 11.6 Å². The van der Waals surface area contributed by atoms with Crippen LogP contribution in [0.3, 0.4) is 0 Å². The molecule has 1 heterocycles. The molecule has 142 valence electrons. The van der Waals surface area contributed by atoms with Crippen LogP contribution in [0.1, 0.15) is 72.7 Å². The molecule has 2 aromatic rings. The number of nitrogens with one attached hydrogen (secondary N) is 2. The van der Waals surface area contributed by atoms with Crippen LogP contribution >= 0.6 is 0 Å². The molecular weight excluding hydrogens is 338 g/mol. The van der Waals surface area contributed by atoms with Crippen molar-refractivity contribution in [3.63, 3.8) is 0 Å². The molecule has 5 heteroatoms. The van der Waals surface area contributed by atoms with E-state index in [9.17, 15) is 9.59 Å². The highest BCUT2D eigenvalue weighted by molar-refractivity contribution is 5.76. The summed E-state index contributed by atoms with van der Waals surface area (Å²) in [4.78, 5) is 26.9. The second-order valence-electron chi connectivity index (χ2n) is 7.28. The normalized spacial score (nSPS) is 11.9. The first-order chi connectivity index (χ1) is 12.7. The van der Waals surface area contributed by atoms with Gasteiger partial charge in [-0.05, 0) is 55.4 Å². The van der Waals surface area contributed by atoms with Crippen molar-refractivity contribution < 1.29 is 4.79 Å². The third kappa shape index (κ3) is 4.85. The highest BCUT2D eigenvalue weighted by Gasteiger charge is 2.15. The average molecular weight is 365 g/mol. The first kappa shape index (κ1) is 20.4. The fourth-order valence-corrected chi connectivity index (χ4v) is 3.23. The molecule has 1 amide bonds. The predicted molar refractivity (Wildman–Crippen MR) is 107 cm³/mol. The van der Waals surface area contributed by atoms with Gasteiger partial charge in [0, 0.05) is 12.1 Å². The summed E-state index contributed by atoms with van der Waals surface area (Å²) >= 11 is 0. The smallest absolute Gasteiger partial charge is 0.266 e. The number of hydrogen-bond acceptors (Lipinski definition) is 3. The second-order valence-corrected chi connectivity index (χ2v) is 7.28. The van der Waals surface area contributed by atoms with E-state index < -0.39 is 0 Å². The van der Waals surface area contributed by atoms with Gasteiger partial charge in [0.05, 0.1) is 6.04 Å². The Morgan fingerprint density at radius 3 is 2.30 bits per heavy atom. The van der Waals surface area contributed by atoms with Crippen LogP contribution in [0.15, 0.2) is 29.1 Å². The molecule has 0 bridgehead atoms. The lowest BCUT2D eigenvalue weighted by molar-refractivity contribution is -0.121. The van der Waals surface area contributed by atoms with Gasteiger partial charge in [-0.2, -0.15) is 5.26 Å². The van der Waals surface area contributed by atoms with E-state index in [2.05, 4.69) is 48.4 Å². The number of pyridine rings is 1. The Balaban J connectivity index is 2.02. The number of nitriles is 1. The molecule has 5 nitrogen and oxygen atoms in total. The number of hydrogen-bond donors (Lipinski definition) is 2. The lowest BCUT2D eigenvalue weighted by Crippen LogP contribution is -2.27. The minimum Gasteiger partial charge on any atom is -0.350 e. The van der Waals surface area contributed by atoms with E-state index in [-0.39, 0.29) is 23.1 Å². The number of amides is 1. The van der Waals surface area contributed by atoms with E-state index in [1.165, 1.54) is 5.56 Å². The van der Waals surface area contributed by atoms with Gasteiger partial charge in [-0.1, -0.05) is 38.1 Å². The predicted octanol–water partition coefficient (Wildman–Crippen LogP) is 3.80. The number of rotatable bonds is 6. The molecule has 0 spiro atoms. The average Bonchev–Trinajstić information content (AvgIpc) is 2.61. The summed E-state index contributed by atoms with van der Waals surface area (Å²) in [7, 11) is 0. The Labute approximate surface area is 160 Å². The van der Waals surface area contributed by atoms with Crippen LogP contribution in [0.5, 0.6) is 0 Å². The van der Waals surface area contributed by atoms with Gasteiger partial charge in [0.2, 0.25) is 5.91 Å². The van der Waals surface area contributed by atoms with E-state index >= 15 is 0 Å². The number of H-pyrrole nitrogens is 1. The molecule has 1 aromatic heterocycles. The van der Waals surface area contributed by atoms with Gasteiger partial charge >= 0.3 is 0 Å². The third-order valence-corrected chi connectivity index (χ3v) is 5.00. The highest BCUT2D eigenvalue weighted by Crippen LogP contribution is 2.19. The standard InChI is InChI=1S/C22H27N3O2/c1-13(2)17-6-8-18(9-7-17)15(4)24-21(26)11-10-19-14(3)20(12-23)22(27)25-16(19)5/h6-9,13,15H,10-11H2,1-5H3,(H,24,26)(H,25,27). The molecule has 1 aromatic carbocycles. The molecule has 2 rings (SSSR count). The topological polar surface area (TPSA) is 85.8 Å². The number of carbonyl (C=O) groups is 1. The molecule has 0 aliphatic heterocycles. The first-order valence-electron chi connectivity index (χ1n) is 9.26. The van der Waals surface area contributed by atoms with Gasteiger partial charge < -0.3 is 10.3 Å². The van der Waals surface area contributed by atoms with Gasteiger partial charge in [-0.15, -0.1) is 0 Å². The van der Waals surface area contributed by atoms with Crippen LogP contribution in [-0.2, 0) is 11.2 Å². The quantitative estimate of drug-likeness (QED) is 0.816. The van der Waals surface area contributed by atoms with Gasteiger partial charge in [-0.25, -0.2) is 0 Å². The number of aryl methyl sites for hydroxylation is 1. The largest absolute Gasteiger partial charge is 0.350 e. The van der Waals surface area contributed by atoms with Crippen molar-refractivity contribution in [2.75, 3.05) is 0 Å². The van der Waals surface area contributed by atoms with Crippen LogP contribution in [-0.4, -0.2) is 10.9 Å². The Hall–Kier alpha value is -2.87. The number of benzene rings is 1. The maximum atomic E-state index is 12.4. The Morgan fingerprint density at radius 1 is 1.15 bits per heavy atom. The van der Waals surface area contributed by atoms with Crippen molar-refractivity contribution in [3.8, 4) is 6.07 Å². The molecular formula is C22H27N3O2. The number of carbonyl (C=O) groups excluding carboxylic acids is 1. The molecule has 0 fully saturated rings. The van der Waals surface area contributed by atoms with E-state index in [1.807, 2.05) is 13.0 Å². The van der Waals surface area contributed by atoms with Crippen LogP contribution in [0, 0.1) is 25.2 Å². The van der Waals surface area contributed by atoms with E-state index in [1.54, 1.807) is 13.8 Å². The summed E-state index contributed by atoms with van der Waals surface area (Å²) in [5.74, 6) is 0.421. The monoisotopic (exact) mass is 365 g/mol. The molecule has 27 heavy (non-hydrogen) atoms. The van der Waals surface area contributed by atoms with Gasteiger partial charge in [-0.3, -0.25) is 9.59 Å². The van der Waals surface area contributed by atoms with E-state index in [0.717, 1.165) is 11.1 Å². The SMILES string of the molecule is Cc1[nH]c(=O)c(C#N)c(C)c1CCC(=O)NC(C)c1ccc(C(C)C)cc1. The molecule has 0 radical (unpaired) electrons. The van der Waals surface area contributed by atoms with Crippen molar-refractivity contribution in [2.45, 2.75) is 59.4 Å². The Morgan fingerprint density at radius 2 is 1.74 bits per heavy atom. The fraction of sp³-hybridized carbons (Fsp3) is 0.409. The minimum absolute atomic E-state index is 0.0565. The summed E-state index contributed by atoms with van der Waals surface area (Å²) in [5.41, 5.74) is 4.31. The molecule has 2 N–H and O–H groups in total. The number of aromatic amines is 1. The zero-order valence-electron chi connectivity index (χ0n) is 16.6. The fourth-order valence-electron chi connectivity index (χ4n) is 3.23. The Bertz CT molecular complexity index is 918. The molecule has 0 saturated carbocycles. The lowest BCUT2D eigenvalue weighted by atomic mass is 9.98. The van der Waals surface area contributed by atoms with Gasteiger partial charge in [0.25, 0.3) is 5.56 Å². The molecule has 0 aliphatic carbocycles. The maximum Gasteiger partial charge on any atom is 0.266 e. The van der Waals surface area contributed by atoms with Crippen molar-refractivity contribution in [3.05, 3.63) is 68.1 Å². The summed E-state index contributed by atoms with van der Waals surface area (Å²) in [6, 6.07) is 10.2. The van der Waals surface area contributed by atoms with E-state index in [4.69, 9.17) is 5.26 Å². The third-order valence-electron chi connectivity index (χ3n) is 5.00. The summed E-state index contributed by atoms with van der Waals surface area (Å²) in [6.45, 7) is 9.82. The summed E-state index contributed by atoms with van der Waals surface area (Å²) in [6.07, 6.45) is 0.779. The van der Waals surface area contributed by atoms with Crippen LogP contribution < -0.4 is 10.9 Å². The minimum atomic E-state index is -0.376. The molecule has 0 aliphatic rings. The summed E-state index contributed by atoms with van der Waals surface area (Å²) < 4.78 is 0. The maximum absolute atomic E-state index is 12.4. The Kier molecular flexibility index (Phi) is 6.57. The van der Waals surface area contributed by atoms with Crippen molar-refractivity contribution in [1.29, 1.82) is 5.26 Å². The zero-order chi connectivity index (χ0) is 20.1. The highest BCUT2D eigenvalue weighted by atomic mass is 16.1. The molecule has 1 atom stereocenters. The van der Waals surface area contributed by atoms with Crippen molar-refractivity contribution in [1.82, 2.24) is 10.3 Å². The summed E-state index contributed by atoms with van der Waals surface area (Å²) in [5, 5.41) is 12.2. The number of aromatic nitrogens is 1. The van der Waals surface area contributed by atoms with Crippen LogP contribution in [0.4, 0.5) is 0 Å². The first-order valence-corrected chi connectivity index (χ1v) is 9.26. The van der Waals surface area contributed by atoms with Crippen molar-refractivity contribution >= 4 is 5.91 Å². The second kappa shape index (κ2) is 8.68. The van der Waals surface area contributed by atoms with Crippen molar-refractivity contribution in [2.24, 2.45) is 0 Å². The van der Waals surface area contributed by atoms with Crippen LogP contribution in [0.2, 0.25) is 0 Å². The zero-order valence-corrected chi connectivity index (χ0v) is 16.6. The van der Waals surface area contributed by atoms with Gasteiger partial charge in [0.15, 0.2) is 0 Å². The lowest BCUT2D eigenvalue weighted by Gasteiger charge is -2.16.